The van der Waals surface area contributed by atoms with Gasteiger partial charge in [0.05, 0.1) is 6.61 Å². The molecule has 1 aromatic rings. The van der Waals surface area contributed by atoms with E-state index in [1.54, 1.807) is 0 Å². The van der Waals surface area contributed by atoms with Crippen molar-refractivity contribution < 1.29 is 9.53 Å². The minimum Gasteiger partial charge on any atom is -0.494 e. The molecule has 0 bridgehead atoms. The number of hydrogen-bond donors (Lipinski definition) is 2. The van der Waals surface area contributed by atoms with Crippen LogP contribution in [-0.2, 0) is 11.3 Å². The van der Waals surface area contributed by atoms with Crippen LogP contribution in [0.4, 0.5) is 0 Å². The number of benzene rings is 1. The molecule has 4 nitrogen and oxygen atoms in total. The predicted molar refractivity (Wildman–Crippen MR) is 89.0 cm³/mol. The number of carbonyl (C=O) groups is 1. The number of amides is 1. The molecular formula is C18H28N2O2. The Kier molecular flexibility index (Phi) is 6.72. The van der Waals surface area contributed by atoms with E-state index in [1.165, 1.54) is 18.4 Å². The molecule has 0 radical (unpaired) electrons. The van der Waals surface area contributed by atoms with Crippen molar-refractivity contribution in [2.75, 3.05) is 19.7 Å². The molecule has 22 heavy (non-hydrogen) atoms. The standard InChI is InChI=1S/C18H28N2O2/c1-3-22-17-12-14(2)4-6-16(17)13-20-18(21)7-5-15-8-10-19-11-9-15/h4,6,12,15,19H,3,5,7-11,13H2,1-2H3,(H,20,21). The summed E-state index contributed by atoms with van der Waals surface area (Å²) in [7, 11) is 0. The molecule has 1 saturated heterocycles. The lowest BCUT2D eigenvalue weighted by Gasteiger charge is -2.22. The zero-order chi connectivity index (χ0) is 15.8. The Morgan fingerprint density at radius 1 is 1.36 bits per heavy atom. The lowest BCUT2D eigenvalue weighted by atomic mass is 9.93. The van der Waals surface area contributed by atoms with E-state index in [0.29, 0.717) is 25.5 Å². The zero-order valence-electron chi connectivity index (χ0n) is 13.8. The van der Waals surface area contributed by atoms with Gasteiger partial charge in [0.2, 0.25) is 5.91 Å². The van der Waals surface area contributed by atoms with Crippen LogP contribution < -0.4 is 15.4 Å². The summed E-state index contributed by atoms with van der Waals surface area (Å²) in [6.45, 7) is 7.38. The first-order valence-electron chi connectivity index (χ1n) is 8.38. The fourth-order valence-corrected chi connectivity index (χ4v) is 2.89. The Morgan fingerprint density at radius 3 is 2.86 bits per heavy atom. The molecule has 4 heteroatoms. The average molecular weight is 304 g/mol. The summed E-state index contributed by atoms with van der Waals surface area (Å²) >= 11 is 0. The van der Waals surface area contributed by atoms with E-state index < -0.39 is 0 Å². The lowest BCUT2D eigenvalue weighted by Crippen LogP contribution is -2.29. The summed E-state index contributed by atoms with van der Waals surface area (Å²) in [4.78, 5) is 12.0. The molecule has 0 spiro atoms. The first-order valence-corrected chi connectivity index (χ1v) is 8.38. The highest BCUT2D eigenvalue weighted by Gasteiger charge is 2.14. The van der Waals surface area contributed by atoms with E-state index >= 15 is 0 Å². The number of aryl methyl sites for hydroxylation is 1. The topological polar surface area (TPSA) is 50.4 Å². The third kappa shape index (κ3) is 5.34. The van der Waals surface area contributed by atoms with Crippen molar-refractivity contribution in [1.29, 1.82) is 0 Å². The fraction of sp³-hybridized carbons (Fsp3) is 0.611. The van der Waals surface area contributed by atoms with Gasteiger partial charge in [-0.1, -0.05) is 12.1 Å². The van der Waals surface area contributed by atoms with Crippen LogP contribution in [0.1, 0.15) is 43.7 Å². The largest absolute Gasteiger partial charge is 0.494 e. The van der Waals surface area contributed by atoms with Gasteiger partial charge in [0.1, 0.15) is 5.75 Å². The normalized spacial score (nSPS) is 15.5. The van der Waals surface area contributed by atoms with Gasteiger partial charge in [-0.05, 0) is 63.7 Å². The minimum absolute atomic E-state index is 0.140. The second kappa shape index (κ2) is 8.79. The van der Waals surface area contributed by atoms with Crippen LogP contribution in [0.3, 0.4) is 0 Å². The van der Waals surface area contributed by atoms with E-state index in [0.717, 1.165) is 30.8 Å². The van der Waals surface area contributed by atoms with Crippen molar-refractivity contribution in [2.24, 2.45) is 5.92 Å². The fourth-order valence-electron chi connectivity index (χ4n) is 2.89. The van der Waals surface area contributed by atoms with Crippen molar-refractivity contribution in [3.8, 4) is 5.75 Å². The molecule has 1 aromatic carbocycles. The first-order chi connectivity index (χ1) is 10.7. The maximum Gasteiger partial charge on any atom is 0.220 e. The van der Waals surface area contributed by atoms with Crippen molar-refractivity contribution >= 4 is 5.91 Å². The molecule has 0 aliphatic carbocycles. The number of rotatable bonds is 7. The summed E-state index contributed by atoms with van der Waals surface area (Å²) in [5.41, 5.74) is 2.21. The smallest absolute Gasteiger partial charge is 0.220 e. The van der Waals surface area contributed by atoms with E-state index in [-0.39, 0.29) is 5.91 Å². The van der Waals surface area contributed by atoms with Crippen LogP contribution in [0.15, 0.2) is 18.2 Å². The average Bonchev–Trinajstić information content (AvgIpc) is 2.53. The Hall–Kier alpha value is -1.55. The van der Waals surface area contributed by atoms with Crippen molar-refractivity contribution in [1.82, 2.24) is 10.6 Å². The molecule has 2 rings (SSSR count). The molecule has 1 amide bonds. The van der Waals surface area contributed by atoms with Gasteiger partial charge in [0, 0.05) is 18.5 Å². The Morgan fingerprint density at radius 2 is 2.14 bits per heavy atom. The molecule has 1 aliphatic rings. The third-order valence-corrected chi connectivity index (χ3v) is 4.24. The Bertz CT molecular complexity index is 482. The molecule has 1 fully saturated rings. The number of piperidine rings is 1. The SMILES string of the molecule is CCOc1cc(C)ccc1CNC(=O)CCC1CCNCC1. The summed E-state index contributed by atoms with van der Waals surface area (Å²) in [5.74, 6) is 1.72. The molecule has 0 atom stereocenters. The minimum atomic E-state index is 0.140. The van der Waals surface area contributed by atoms with E-state index in [2.05, 4.69) is 16.7 Å². The molecular weight excluding hydrogens is 276 g/mol. The predicted octanol–water partition coefficient (Wildman–Crippen LogP) is 2.79. The number of carbonyl (C=O) groups excluding carboxylic acids is 1. The Labute approximate surface area is 133 Å². The summed E-state index contributed by atoms with van der Waals surface area (Å²) in [5, 5.41) is 6.38. The first kappa shape index (κ1) is 16.8. The second-order valence-corrected chi connectivity index (χ2v) is 6.05. The monoisotopic (exact) mass is 304 g/mol. The Balaban J connectivity index is 1.78. The van der Waals surface area contributed by atoms with Crippen LogP contribution in [-0.4, -0.2) is 25.6 Å². The van der Waals surface area contributed by atoms with E-state index in [4.69, 9.17) is 4.74 Å². The summed E-state index contributed by atoms with van der Waals surface area (Å²) in [6, 6.07) is 6.12. The van der Waals surface area contributed by atoms with Crippen molar-refractivity contribution in [3.05, 3.63) is 29.3 Å². The quantitative estimate of drug-likeness (QED) is 0.814. The number of ether oxygens (including phenoxy) is 1. The van der Waals surface area contributed by atoms with E-state index in [1.807, 2.05) is 26.0 Å². The molecule has 0 saturated carbocycles. The van der Waals surface area contributed by atoms with Crippen LogP contribution in [0.25, 0.3) is 0 Å². The van der Waals surface area contributed by atoms with Crippen LogP contribution >= 0.6 is 0 Å². The molecule has 122 valence electrons. The van der Waals surface area contributed by atoms with Crippen molar-refractivity contribution in [2.45, 2.75) is 46.1 Å². The highest BCUT2D eigenvalue weighted by molar-refractivity contribution is 5.75. The van der Waals surface area contributed by atoms with Crippen LogP contribution in [0.2, 0.25) is 0 Å². The maximum atomic E-state index is 12.0. The highest BCUT2D eigenvalue weighted by Crippen LogP contribution is 2.21. The van der Waals surface area contributed by atoms with E-state index in [9.17, 15) is 4.79 Å². The van der Waals surface area contributed by atoms with Crippen molar-refractivity contribution in [3.63, 3.8) is 0 Å². The summed E-state index contributed by atoms with van der Waals surface area (Å²) in [6.07, 6.45) is 4.01. The van der Waals surface area contributed by atoms with Gasteiger partial charge in [-0.3, -0.25) is 4.79 Å². The van der Waals surface area contributed by atoms with Crippen LogP contribution in [0.5, 0.6) is 5.75 Å². The highest BCUT2D eigenvalue weighted by atomic mass is 16.5. The van der Waals surface area contributed by atoms with Gasteiger partial charge in [0.25, 0.3) is 0 Å². The molecule has 1 aliphatic heterocycles. The molecule has 2 N–H and O–H groups in total. The molecule has 0 aromatic heterocycles. The van der Waals surface area contributed by atoms with Gasteiger partial charge in [-0.25, -0.2) is 0 Å². The van der Waals surface area contributed by atoms with Gasteiger partial charge in [0.15, 0.2) is 0 Å². The number of nitrogens with one attached hydrogen (secondary N) is 2. The lowest BCUT2D eigenvalue weighted by molar-refractivity contribution is -0.121. The third-order valence-electron chi connectivity index (χ3n) is 4.24. The maximum absolute atomic E-state index is 12.0. The summed E-state index contributed by atoms with van der Waals surface area (Å²) < 4.78 is 5.65. The van der Waals surface area contributed by atoms with Crippen LogP contribution in [0, 0.1) is 12.8 Å². The van der Waals surface area contributed by atoms with Gasteiger partial charge < -0.3 is 15.4 Å². The zero-order valence-corrected chi connectivity index (χ0v) is 13.8. The molecule has 1 heterocycles. The second-order valence-electron chi connectivity index (χ2n) is 6.05. The van der Waals surface area contributed by atoms with Gasteiger partial charge >= 0.3 is 0 Å². The molecule has 0 unspecified atom stereocenters. The number of hydrogen-bond acceptors (Lipinski definition) is 3. The van der Waals surface area contributed by atoms with Gasteiger partial charge in [-0.2, -0.15) is 0 Å². The van der Waals surface area contributed by atoms with Gasteiger partial charge in [-0.15, -0.1) is 0 Å².